The molecule has 1 unspecified atom stereocenters. The zero-order valence-corrected chi connectivity index (χ0v) is 11.9. The number of hydrogen-bond donors (Lipinski definition) is 2. The second-order valence-electron chi connectivity index (χ2n) is 5.34. The van der Waals surface area contributed by atoms with E-state index in [1.807, 2.05) is 27.7 Å². The summed E-state index contributed by atoms with van der Waals surface area (Å²) < 4.78 is 22.2. The second kappa shape index (κ2) is 5.37. The van der Waals surface area contributed by atoms with Crippen molar-refractivity contribution >= 4 is 8.25 Å². The van der Waals surface area contributed by atoms with Gasteiger partial charge in [-0.05, 0) is 12.8 Å². The molecular formula is C11H23O5P. The summed E-state index contributed by atoms with van der Waals surface area (Å²) in [5.41, 5.74) is -0.578. The van der Waals surface area contributed by atoms with Crippen molar-refractivity contribution in [3.05, 3.63) is 0 Å². The molecule has 17 heavy (non-hydrogen) atoms. The monoisotopic (exact) mass is 266 g/mol. The largest absolute Gasteiger partial charge is 0.393 e. The van der Waals surface area contributed by atoms with Crippen LogP contribution < -0.4 is 0 Å². The quantitative estimate of drug-likeness (QED) is 0.544. The van der Waals surface area contributed by atoms with Gasteiger partial charge in [0, 0.05) is 11.8 Å². The van der Waals surface area contributed by atoms with Crippen LogP contribution in [0.5, 0.6) is 0 Å². The SMILES string of the molecule is CC(C)C(O[PH](=O)O)(OC1(CO)CC1)C(C)C. The van der Waals surface area contributed by atoms with Crippen molar-refractivity contribution in [2.75, 3.05) is 6.61 Å². The number of rotatable bonds is 7. The fraction of sp³-hybridized carbons (Fsp3) is 1.00. The van der Waals surface area contributed by atoms with Gasteiger partial charge in [0.05, 0.1) is 12.2 Å². The van der Waals surface area contributed by atoms with Crippen LogP contribution in [0.4, 0.5) is 0 Å². The maximum Gasteiger partial charge on any atom is 0.319 e. The first-order valence-corrected chi connectivity index (χ1v) is 7.27. The summed E-state index contributed by atoms with van der Waals surface area (Å²) in [5.74, 6) is -1.26. The predicted molar refractivity (Wildman–Crippen MR) is 64.8 cm³/mol. The molecule has 1 rings (SSSR count). The van der Waals surface area contributed by atoms with Gasteiger partial charge in [-0.2, -0.15) is 0 Å². The molecule has 0 aliphatic heterocycles. The van der Waals surface area contributed by atoms with Gasteiger partial charge < -0.3 is 14.7 Å². The topological polar surface area (TPSA) is 76.0 Å². The van der Waals surface area contributed by atoms with Crippen LogP contribution in [0.2, 0.25) is 0 Å². The predicted octanol–water partition coefficient (Wildman–Crippen LogP) is 1.93. The summed E-state index contributed by atoms with van der Waals surface area (Å²) in [7, 11) is -3.09. The molecule has 1 aliphatic carbocycles. The third-order valence-electron chi connectivity index (χ3n) is 3.33. The van der Waals surface area contributed by atoms with Crippen LogP contribution in [0.1, 0.15) is 40.5 Å². The highest BCUT2D eigenvalue weighted by molar-refractivity contribution is 7.32. The molecule has 1 atom stereocenters. The smallest absolute Gasteiger partial charge is 0.319 e. The van der Waals surface area contributed by atoms with Gasteiger partial charge in [0.1, 0.15) is 0 Å². The third kappa shape index (κ3) is 3.30. The van der Waals surface area contributed by atoms with Gasteiger partial charge in [0.2, 0.25) is 0 Å². The maximum absolute atomic E-state index is 11.0. The van der Waals surface area contributed by atoms with Gasteiger partial charge in [-0.25, -0.2) is 0 Å². The summed E-state index contributed by atoms with van der Waals surface area (Å²) in [6.45, 7) is 7.47. The van der Waals surface area contributed by atoms with E-state index in [0.29, 0.717) is 0 Å². The van der Waals surface area contributed by atoms with Crippen LogP contribution in [-0.2, 0) is 13.8 Å². The van der Waals surface area contributed by atoms with Crippen molar-refractivity contribution in [3.63, 3.8) is 0 Å². The molecule has 1 aliphatic rings. The lowest BCUT2D eigenvalue weighted by atomic mass is 9.91. The molecule has 0 aromatic heterocycles. The summed E-state index contributed by atoms with van der Waals surface area (Å²) >= 11 is 0. The third-order valence-corrected chi connectivity index (χ3v) is 3.82. The van der Waals surface area contributed by atoms with Crippen LogP contribution in [0, 0.1) is 11.8 Å². The van der Waals surface area contributed by atoms with Gasteiger partial charge in [-0.15, -0.1) is 0 Å². The van der Waals surface area contributed by atoms with Crippen LogP contribution >= 0.6 is 8.25 Å². The Morgan fingerprint density at radius 3 is 2.00 bits per heavy atom. The fourth-order valence-electron chi connectivity index (χ4n) is 2.07. The molecule has 2 N–H and O–H groups in total. The standard InChI is InChI=1S/C11H23O5P/c1-8(2)11(9(3)4,16-17(13)14)15-10(7-12)5-6-10/h8-9,12,17H,5-7H2,1-4H3,(H,13,14). The molecule has 0 heterocycles. The van der Waals surface area contributed by atoms with E-state index in [1.165, 1.54) is 0 Å². The first-order chi connectivity index (χ1) is 7.78. The molecule has 102 valence electrons. The highest BCUT2D eigenvalue weighted by Gasteiger charge is 2.53. The lowest BCUT2D eigenvalue weighted by Gasteiger charge is -2.42. The van der Waals surface area contributed by atoms with Crippen molar-refractivity contribution in [1.82, 2.24) is 0 Å². The number of ether oxygens (including phenoxy) is 1. The highest BCUT2D eigenvalue weighted by Crippen LogP contribution is 2.49. The zero-order valence-electron chi connectivity index (χ0n) is 10.9. The van der Waals surface area contributed by atoms with Crippen molar-refractivity contribution in [2.45, 2.75) is 51.9 Å². The summed E-state index contributed by atoms with van der Waals surface area (Å²) in [6, 6.07) is 0. The highest BCUT2D eigenvalue weighted by atomic mass is 31.1. The average molecular weight is 266 g/mol. The molecule has 5 nitrogen and oxygen atoms in total. The number of aliphatic hydroxyl groups is 1. The molecule has 6 heteroatoms. The lowest BCUT2D eigenvalue weighted by molar-refractivity contribution is -0.275. The Kier molecular flexibility index (Phi) is 4.78. The summed E-state index contributed by atoms with van der Waals surface area (Å²) in [4.78, 5) is 9.06. The van der Waals surface area contributed by atoms with Crippen molar-refractivity contribution < 1.29 is 23.8 Å². The van der Waals surface area contributed by atoms with E-state index in [2.05, 4.69) is 0 Å². The van der Waals surface area contributed by atoms with Crippen molar-refractivity contribution in [3.8, 4) is 0 Å². The van der Waals surface area contributed by atoms with Gasteiger partial charge in [0.15, 0.2) is 5.79 Å². The molecule has 0 spiro atoms. The molecule has 0 aromatic rings. The van der Waals surface area contributed by atoms with Crippen molar-refractivity contribution in [2.24, 2.45) is 11.8 Å². The molecule has 0 amide bonds. The van der Waals surface area contributed by atoms with E-state index in [-0.39, 0.29) is 18.4 Å². The van der Waals surface area contributed by atoms with Crippen LogP contribution in [-0.4, -0.2) is 28.0 Å². The van der Waals surface area contributed by atoms with Crippen LogP contribution in [0.25, 0.3) is 0 Å². The Balaban J connectivity index is 2.93. The molecule has 0 radical (unpaired) electrons. The normalized spacial score (nSPS) is 20.9. The van der Waals surface area contributed by atoms with Crippen LogP contribution in [0.3, 0.4) is 0 Å². The van der Waals surface area contributed by atoms with Crippen molar-refractivity contribution in [1.29, 1.82) is 0 Å². The van der Waals surface area contributed by atoms with Gasteiger partial charge >= 0.3 is 8.25 Å². The number of aliphatic hydroxyl groups excluding tert-OH is 1. The van der Waals surface area contributed by atoms with E-state index in [9.17, 15) is 9.67 Å². The minimum absolute atomic E-state index is 0.0763. The summed E-state index contributed by atoms with van der Waals surface area (Å²) in [6.07, 6.45) is 1.53. The Labute approximate surface area is 103 Å². The first-order valence-electron chi connectivity index (χ1n) is 6.01. The average Bonchev–Trinajstić information content (AvgIpc) is 2.96. The lowest BCUT2D eigenvalue weighted by Crippen LogP contribution is -2.49. The fourth-order valence-corrected chi connectivity index (χ4v) is 2.85. The molecule has 1 fully saturated rings. The zero-order chi connectivity index (χ0) is 13.3. The summed E-state index contributed by atoms with van der Waals surface area (Å²) in [5, 5.41) is 9.30. The van der Waals surface area contributed by atoms with E-state index < -0.39 is 19.6 Å². The van der Waals surface area contributed by atoms with E-state index >= 15 is 0 Å². The Morgan fingerprint density at radius 1 is 1.29 bits per heavy atom. The Hall–Kier alpha value is 0.0700. The van der Waals surface area contributed by atoms with E-state index in [0.717, 1.165) is 12.8 Å². The Bertz CT molecular complexity index is 278. The van der Waals surface area contributed by atoms with E-state index in [4.69, 9.17) is 14.2 Å². The van der Waals surface area contributed by atoms with Gasteiger partial charge in [0.25, 0.3) is 0 Å². The van der Waals surface area contributed by atoms with E-state index in [1.54, 1.807) is 0 Å². The maximum atomic E-state index is 11.0. The minimum Gasteiger partial charge on any atom is -0.393 e. The van der Waals surface area contributed by atoms with Gasteiger partial charge in [-0.1, -0.05) is 27.7 Å². The minimum atomic E-state index is -3.09. The Morgan fingerprint density at radius 2 is 1.76 bits per heavy atom. The first kappa shape index (κ1) is 15.1. The molecular weight excluding hydrogens is 243 g/mol. The van der Waals surface area contributed by atoms with Gasteiger partial charge in [-0.3, -0.25) is 9.09 Å². The second-order valence-corrected chi connectivity index (χ2v) is 6.08. The molecule has 1 saturated carbocycles. The molecule has 0 saturated heterocycles. The number of hydrogen-bond acceptors (Lipinski definition) is 4. The molecule has 0 aromatic carbocycles. The molecule has 0 bridgehead atoms. The van der Waals surface area contributed by atoms with Crippen LogP contribution in [0.15, 0.2) is 0 Å².